The quantitative estimate of drug-likeness (QED) is 0.719. The minimum absolute atomic E-state index is 0.106. The van der Waals surface area contributed by atoms with Gasteiger partial charge >= 0.3 is 0 Å². The molecule has 0 saturated carbocycles. The Balaban J connectivity index is 1.78. The lowest BCUT2D eigenvalue weighted by atomic mass is 10.0. The maximum Gasteiger partial charge on any atom is 0.227 e. The Labute approximate surface area is 134 Å². The van der Waals surface area contributed by atoms with Crippen LogP contribution in [0.3, 0.4) is 0 Å². The van der Waals surface area contributed by atoms with Crippen LogP contribution in [0.25, 0.3) is 11.0 Å². The lowest BCUT2D eigenvalue weighted by molar-refractivity contribution is -0.129. The third kappa shape index (κ3) is 2.79. The molecule has 0 radical (unpaired) electrons. The van der Waals surface area contributed by atoms with Gasteiger partial charge in [-0.15, -0.1) is 11.3 Å². The van der Waals surface area contributed by atoms with Crippen LogP contribution in [-0.2, 0) is 17.8 Å². The first kappa shape index (κ1) is 14.9. The molecular formula is C18H19NO2S. The van der Waals surface area contributed by atoms with Crippen molar-refractivity contribution in [2.24, 2.45) is 0 Å². The summed E-state index contributed by atoms with van der Waals surface area (Å²) < 4.78 is 5.68. The Morgan fingerprint density at radius 1 is 1.27 bits per heavy atom. The van der Waals surface area contributed by atoms with Crippen molar-refractivity contribution in [3.05, 3.63) is 57.5 Å². The molecule has 0 unspecified atom stereocenters. The van der Waals surface area contributed by atoms with Crippen LogP contribution < -0.4 is 0 Å². The fourth-order valence-corrected chi connectivity index (χ4v) is 3.30. The van der Waals surface area contributed by atoms with Crippen LogP contribution in [0.2, 0.25) is 0 Å². The maximum atomic E-state index is 12.4. The third-order valence-electron chi connectivity index (χ3n) is 4.08. The fraction of sp³-hybridized carbons (Fsp3) is 0.278. The molecule has 0 aliphatic rings. The second-order valence-corrected chi connectivity index (χ2v) is 6.68. The van der Waals surface area contributed by atoms with Crippen molar-refractivity contribution in [1.82, 2.24) is 4.90 Å². The summed E-state index contributed by atoms with van der Waals surface area (Å²) in [5.41, 5.74) is 4.20. The number of fused-ring (bicyclic) bond motifs is 1. The Bertz CT molecular complexity index is 802. The number of hydrogen-bond acceptors (Lipinski definition) is 3. The summed E-state index contributed by atoms with van der Waals surface area (Å²) in [6, 6.07) is 8.18. The normalized spacial score (nSPS) is 11.0. The summed E-state index contributed by atoms with van der Waals surface area (Å²) in [6.07, 6.45) is 2.09. The molecule has 0 atom stereocenters. The number of benzene rings is 1. The molecule has 0 N–H and O–H groups in total. The highest BCUT2D eigenvalue weighted by atomic mass is 32.1. The van der Waals surface area contributed by atoms with E-state index in [-0.39, 0.29) is 5.91 Å². The molecule has 0 bridgehead atoms. The van der Waals surface area contributed by atoms with Gasteiger partial charge in [-0.05, 0) is 36.4 Å². The molecular weight excluding hydrogens is 294 g/mol. The highest BCUT2D eigenvalue weighted by Gasteiger charge is 2.15. The van der Waals surface area contributed by atoms with Crippen molar-refractivity contribution >= 4 is 28.2 Å². The average Bonchev–Trinajstić information content (AvgIpc) is 3.13. The largest absolute Gasteiger partial charge is 0.464 e. The van der Waals surface area contributed by atoms with Gasteiger partial charge in [-0.25, -0.2) is 0 Å². The predicted octanol–water partition coefficient (Wildman–Crippen LogP) is 4.31. The predicted molar refractivity (Wildman–Crippen MR) is 90.2 cm³/mol. The van der Waals surface area contributed by atoms with Gasteiger partial charge in [-0.1, -0.05) is 18.2 Å². The molecule has 1 aromatic carbocycles. The van der Waals surface area contributed by atoms with E-state index >= 15 is 0 Å². The Kier molecular flexibility index (Phi) is 4.03. The van der Waals surface area contributed by atoms with Gasteiger partial charge in [0, 0.05) is 22.9 Å². The Morgan fingerprint density at radius 3 is 2.82 bits per heavy atom. The molecule has 0 saturated heterocycles. The van der Waals surface area contributed by atoms with Crippen molar-refractivity contribution in [2.45, 2.75) is 26.8 Å². The molecule has 0 fully saturated rings. The molecule has 0 aliphatic carbocycles. The van der Waals surface area contributed by atoms with Gasteiger partial charge in [-0.3, -0.25) is 4.79 Å². The summed E-state index contributed by atoms with van der Waals surface area (Å²) in [4.78, 5) is 15.4. The van der Waals surface area contributed by atoms with E-state index < -0.39 is 0 Å². The third-order valence-corrected chi connectivity index (χ3v) is 4.94. The molecule has 0 aliphatic heterocycles. The number of carbonyl (C=O) groups is 1. The summed E-state index contributed by atoms with van der Waals surface area (Å²) >= 11 is 1.67. The maximum absolute atomic E-state index is 12.4. The first-order chi connectivity index (χ1) is 10.6. The highest BCUT2D eigenvalue weighted by Crippen LogP contribution is 2.27. The minimum Gasteiger partial charge on any atom is -0.464 e. The van der Waals surface area contributed by atoms with Crippen LogP contribution in [0, 0.1) is 13.8 Å². The number of aryl methyl sites for hydroxylation is 2. The number of rotatable bonds is 4. The van der Waals surface area contributed by atoms with Crippen molar-refractivity contribution in [2.75, 3.05) is 7.05 Å². The lowest BCUT2D eigenvalue weighted by Crippen LogP contribution is -2.27. The van der Waals surface area contributed by atoms with Crippen LogP contribution in [0.5, 0.6) is 0 Å². The van der Waals surface area contributed by atoms with Crippen molar-refractivity contribution in [3.63, 3.8) is 0 Å². The molecule has 22 heavy (non-hydrogen) atoms. The smallest absolute Gasteiger partial charge is 0.227 e. The second-order valence-electron chi connectivity index (χ2n) is 5.65. The van der Waals surface area contributed by atoms with Crippen molar-refractivity contribution in [1.29, 1.82) is 0 Å². The van der Waals surface area contributed by atoms with Crippen molar-refractivity contribution < 1.29 is 9.21 Å². The van der Waals surface area contributed by atoms with Gasteiger partial charge in [0.1, 0.15) is 5.58 Å². The number of nitrogens with zero attached hydrogens (tertiary/aromatic N) is 1. The van der Waals surface area contributed by atoms with Crippen LogP contribution in [0.4, 0.5) is 0 Å². The zero-order valence-corrected chi connectivity index (χ0v) is 13.9. The van der Waals surface area contributed by atoms with E-state index in [1.165, 1.54) is 10.4 Å². The molecule has 114 valence electrons. The molecule has 3 nitrogen and oxygen atoms in total. The molecule has 4 heteroatoms. The van der Waals surface area contributed by atoms with Gasteiger partial charge in [0.2, 0.25) is 5.91 Å². The van der Waals surface area contributed by atoms with Crippen LogP contribution >= 0.6 is 11.3 Å². The molecule has 0 spiro atoms. The minimum atomic E-state index is 0.106. The number of furan rings is 1. The van der Waals surface area contributed by atoms with Gasteiger partial charge in [-0.2, -0.15) is 0 Å². The zero-order valence-electron chi connectivity index (χ0n) is 13.1. The molecule has 2 aromatic heterocycles. The molecule has 3 rings (SSSR count). The second kappa shape index (κ2) is 5.97. The SMILES string of the molecule is Cc1ccc2c(CC(=O)N(C)Cc3cccs3)coc2c1C. The number of hydrogen-bond donors (Lipinski definition) is 0. The van der Waals surface area contributed by atoms with Gasteiger partial charge in [0.25, 0.3) is 0 Å². The number of likely N-dealkylation sites (N-methyl/N-ethyl adjacent to an activating group) is 1. The molecule has 1 amide bonds. The highest BCUT2D eigenvalue weighted by molar-refractivity contribution is 7.09. The van der Waals surface area contributed by atoms with Gasteiger partial charge in [0.05, 0.1) is 19.2 Å². The van der Waals surface area contributed by atoms with Crippen LogP contribution in [0.15, 0.2) is 40.3 Å². The number of amides is 1. The Hall–Kier alpha value is -2.07. The first-order valence-corrected chi connectivity index (χ1v) is 8.17. The van der Waals surface area contributed by atoms with E-state index in [1.54, 1.807) is 22.5 Å². The molecule has 3 aromatic rings. The first-order valence-electron chi connectivity index (χ1n) is 7.29. The standard InChI is InChI=1S/C18H19NO2S/c1-12-6-7-16-14(11-21-18(16)13(12)2)9-17(20)19(3)10-15-5-4-8-22-15/h4-8,11H,9-10H2,1-3H3. The topological polar surface area (TPSA) is 33.5 Å². The Morgan fingerprint density at radius 2 is 2.09 bits per heavy atom. The summed E-state index contributed by atoms with van der Waals surface area (Å²) in [5.74, 6) is 0.106. The van der Waals surface area contributed by atoms with Gasteiger partial charge in [0.15, 0.2) is 0 Å². The van der Waals surface area contributed by atoms with E-state index in [0.717, 1.165) is 22.1 Å². The van der Waals surface area contributed by atoms with E-state index in [2.05, 4.69) is 19.9 Å². The monoisotopic (exact) mass is 313 g/mol. The van der Waals surface area contributed by atoms with Crippen molar-refractivity contribution in [3.8, 4) is 0 Å². The summed E-state index contributed by atoms with van der Waals surface area (Å²) in [5, 5.41) is 3.07. The van der Waals surface area contributed by atoms with E-state index in [9.17, 15) is 4.79 Å². The summed E-state index contributed by atoms with van der Waals surface area (Å²) in [6.45, 7) is 4.77. The number of carbonyl (C=O) groups excluding carboxylic acids is 1. The summed E-state index contributed by atoms with van der Waals surface area (Å²) in [7, 11) is 1.85. The average molecular weight is 313 g/mol. The lowest BCUT2D eigenvalue weighted by Gasteiger charge is -2.15. The van der Waals surface area contributed by atoms with Crippen LogP contribution in [0.1, 0.15) is 21.6 Å². The van der Waals surface area contributed by atoms with Gasteiger partial charge < -0.3 is 9.32 Å². The molecule has 2 heterocycles. The van der Waals surface area contributed by atoms with Crippen LogP contribution in [-0.4, -0.2) is 17.9 Å². The van der Waals surface area contributed by atoms with E-state index in [4.69, 9.17) is 4.42 Å². The van der Waals surface area contributed by atoms with E-state index in [1.807, 2.05) is 30.6 Å². The number of thiophene rings is 1. The fourth-order valence-electron chi connectivity index (χ4n) is 2.55. The zero-order chi connectivity index (χ0) is 15.7. The van der Waals surface area contributed by atoms with E-state index in [0.29, 0.717) is 13.0 Å².